The van der Waals surface area contributed by atoms with Gasteiger partial charge in [-0.25, -0.2) is 9.97 Å². The predicted molar refractivity (Wildman–Crippen MR) is 115 cm³/mol. The molecule has 134 valence electrons. The minimum Gasteiger partial charge on any atom is -0.228 e. The van der Waals surface area contributed by atoms with E-state index in [0.717, 1.165) is 33.9 Å². The second kappa shape index (κ2) is 8.41. The van der Waals surface area contributed by atoms with Crippen molar-refractivity contribution in [3.8, 4) is 22.6 Å². The molecule has 0 N–H and O–H groups in total. The SMILES string of the molecule is C=C/C(=C\C=C/C)c1cc(-c2ccccc2)nc(-c2cc(C)cc(C)c2)n1. The van der Waals surface area contributed by atoms with Crippen LogP contribution >= 0.6 is 0 Å². The molecular weight excluding hydrogens is 328 g/mol. The molecule has 0 fully saturated rings. The maximum Gasteiger partial charge on any atom is 0.160 e. The standard InChI is InChI=1S/C25H24N2/c1-5-7-11-20(6-2)23-17-24(21-12-9-8-10-13-21)27-25(26-23)22-15-18(3)14-19(4)16-22/h5-17H,2H2,1,3-4H3/b7-5-,20-11+. The summed E-state index contributed by atoms with van der Waals surface area (Å²) >= 11 is 0. The summed E-state index contributed by atoms with van der Waals surface area (Å²) in [6, 6.07) is 18.6. The summed E-state index contributed by atoms with van der Waals surface area (Å²) in [6.07, 6.45) is 7.85. The van der Waals surface area contributed by atoms with Crippen LogP contribution in [0.3, 0.4) is 0 Å². The number of aromatic nitrogens is 2. The number of hydrogen-bond acceptors (Lipinski definition) is 2. The molecule has 1 aromatic heterocycles. The van der Waals surface area contributed by atoms with E-state index < -0.39 is 0 Å². The van der Waals surface area contributed by atoms with Crippen LogP contribution in [0.15, 0.2) is 85.5 Å². The van der Waals surface area contributed by atoms with Crippen molar-refractivity contribution < 1.29 is 0 Å². The first-order chi connectivity index (χ1) is 13.1. The van der Waals surface area contributed by atoms with Crippen molar-refractivity contribution in [2.75, 3.05) is 0 Å². The molecule has 2 heteroatoms. The Labute approximate surface area is 161 Å². The number of aryl methyl sites for hydroxylation is 2. The van der Waals surface area contributed by atoms with Crippen molar-refractivity contribution in [3.05, 3.63) is 102 Å². The topological polar surface area (TPSA) is 25.8 Å². The molecule has 1 heterocycles. The van der Waals surface area contributed by atoms with Crippen LogP contribution in [0.5, 0.6) is 0 Å². The molecule has 2 aromatic carbocycles. The predicted octanol–water partition coefficient (Wildman–Crippen LogP) is 6.57. The number of rotatable bonds is 5. The maximum atomic E-state index is 4.86. The highest BCUT2D eigenvalue weighted by molar-refractivity contribution is 5.77. The Bertz CT molecular complexity index is 991. The number of benzene rings is 2. The van der Waals surface area contributed by atoms with Gasteiger partial charge in [-0.15, -0.1) is 0 Å². The van der Waals surface area contributed by atoms with Gasteiger partial charge in [0.15, 0.2) is 5.82 Å². The largest absolute Gasteiger partial charge is 0.228 e. The molecule has 0 spiro atoms. The Balaban J connectivity index is 2.24. The van der Waals surface area contributed by atoms with E-state index in [-0.39, 0.29) is 0 Å². The van der Waals surface area contributed by atoms with Gasteiger partial charge in [0.25, 0.3) is 0 Å². The van der Waals surface area contributed by atoms with Crippen LogP contribution in [0, 0.1) is 13.8 Å². The van der Waals surface area contributed by atoms with Gasteiger partial charge in [-0.1, -0.05) is 78.4 Å². The van der Waals surface area contributed by atoms with Crippen molar-refractivity contribution in [2.24, 2.45) is 0 Å². The Kier molecular flexibility index (Phi) is 5.77. The monoisotopic (exact) mass is 352 g/mol. The molecule has 0 aliphatic rings. The minimum absolute atomic E-state index is 0.728. The Morgan fingerprint density at radius 2 is 1.59 bits per heavy atom. The van der Waals surface area contributed by atoms with E-state index in [1.807, 2.05) is 55.5 Å². The van der Waals surface area contributed by atoms with Crippen LogP contribution in [0.2, 0.25) is 0 Å². The fraction of sp³-hybridized carbons (Fsp3) is 0.120. The summed E-state index contributed by atoms with van der Waals surface area (Å²) in [4.78, 5) is 9.71. The Morgan fingerprint density at radius 3 is 2.22 bits per heavy atom. The van der Waals surface area contributed by atoms with E-state index in [4.69, 9.17) is 9.97 Å². The summed E-state index contributed by atoms with van der Waals surface area (Å²) < 4.78 is 0. The van der Waals surface area contributed by atoms with Crippen molar-refractivity contribution >= 4 is 5.57 Å². The molecule has 0 amide bonds. The third kappa shape index (κ3) is 4.48. The van der Waals surface area contributed by atoms with Gasteiger partial charge in [-0.2, -0.15) is 0 Å². The van der Waals surface area contributed by atoms with Gasteiger partial charge in [0.05, 0.1) is 11.4 Å². The van der Waals surface area contributed by atoms with Crippen LogP contribution in [0.25, 0.3) is 28.2 Å². The molecule has 0 radical (unpaired) electrons. The fourth-order valence-electron chi connectivity index (χ4n) is 3.04. The summed E-state index contributed by atoms with van der Waals surface area (Å²) in [7, 11) is 0. The van der Waals surface area contributed by atoms with Crippen molar-refractivity contribution in [1.29, 1.82) is 0 Å². The lowest BCUT2D eigenvalue weighted by Gasteiger charge is -2.10. The van der Waals surface area contributed by atoms with E-state index in [1.165, 1.54) is 11.1 Å². The Hall–Kier alpha value is -3.26. The molecule has 27 heavy (non-hydrogen) atoms. The van der Waals surface area contributed by atoms with E-state index in [1.54, 1.807) is 0 Å². The van der Waals surface area contributed by atoms with Crippen LogP contribution in [-0.4, -0.2) is 9.97 Å². The van der Waals surface area contributed by atoms with Gasteiger partial charge in [0, 0.05) is 11.1 Å². The first-order valence-electron chi connectivity index (χ1n) is 9.09. The summed E-state index contributed by atoms with van der Waals surface area (Å²) in [5.74, 6) is 0.728. The zero-order chi connectivity index (χ0) is 19.2. The average Bonchev–Trinajstić information content (AvgIpc) is 2.68. The second-order valence-corrected chi connectivity index (χ2v) is 6.56. The van der Waals surface area contributed by atoms with Crippen LogP contribution in [0.4, 0.5) is 0 Å². The number of allylic oxidation sites excluding steroid dienone is 5. The third-order valence-electron chi connectivity index (χ3n) is 4.26. The summed E-state index contributed by atoms with van der Waals surface area (Å²) in [5, 5.41) is 0. The number of nitrogens with zero attached hydrogens (tertiary/aromatic N) is 2. The maximum absolute atomic E-state index is 4.86. The van der Waals surface area contributed by atoms with Gasteiger partial charge in [0.2, 0.25) is 0 Å². The molecule has 3 aromatic rings. The molecule has 0 aliphatic heterocycles. The molecule has 0 saturated heterocycles. The summed E-state index contributed by atoms with van der Waals surface area (Å²) in [6.45, 7) is 10.1. The zero-order valence-corrected chi connectivity index (χ0v) is 16.1. The van der Waals surface area contributed by atoms with Gasteiger partial charge in [0.1, 0.15) is 0 Å². The highest BCUT2D eigenvalue weighted by Gasteiger charge is 2.11. The molecule has 0 saturated carbocycles. The van der Waals surface area contributed by atoms with Gasteiger partial charge >= 0.3 is 0 Å². The van der Waals surface area contributed by atoms with Gasteiger partial charge in [-0.3, -0.25) is 0 Å². The molecule has 3 rings (SSSR count). The quantitative estimate of drug-likeness (QED) is 0.485. The smallest absolute Gasteiger partial charge is 0.160 e. The van der Waals surface area contributed by atoms with Gasteiger partial charge < -0.3 is 0 Å². The zero-order valence-electron chi connectivity index (χ0n) is 16.1. The van der Waals surface area contributed by atoms with E-state index in [9.17, 15) is 0 Å². The van der Waals surface area contributed by atoms with E-state index in [0.29, 0.717) is 0 Å². The first-order valence-corrected chi connectivity index (χ1v) is 9.09. The second-order valence-electron chi connectivity index (χ2n) is 6.56. The van der Waals surface area contributed by atoms with Gasteiger partial charge in [-0.05, 0) is 44.5 Å². The third-order valence-corrected chi connectivity index (χ3v) is 4.26. The molecule has 0 aliphatic carbocycles. The molecule has 0 atom stereocenters. The van der Waals surface area contributed by atoms with E-state index >= 15 is 0 Å². The Morgan fingerprint density at radius 1 is 0.889 bits per heavy atom. The lowest BCUT2D eigenvalue weighted by atomic mass is 10.0. The van der Waals surface area contributed by atoms with Crippen molar-refractivity contribution in [1.82, 2.24) is 9.97 Å². The van der Waals surface area contributed by atoms with E-state index in [2.05, 4.69) is 50.8 Å². The molecule has 0 bridgehead atoms. The highest BCUT2D eigenvalue weighted by Crippen LogP contribution is 2.27. The molecule has 0 unspecified atom stereocenters. The lowest BCUT2D eigenvalue weighted by molar-refractivity contribution is 1.15. The van der Waals surface area contributed by atoms with Crippen LogP contribution in [0.1, 0.15) is 23.7 Å². The average molecular weight is 352 g/mol. The number of hydrogen-bond donors (Lipinski definition) is 0. The molecule has 2 nitrogen and oxygen atoms in total. The van der Waals surface area contributed by atoms with Crippen LogP contribution < -0.4 is 0 Å². The summed E-state index contributed by atoms with van der Waals surface area (Å²) in [5.41, 5.74) is 7.25. The van der Waals surface area contributed by atoms with Crippen molar-refractivity contribution in [3.63, 3.8) is 0 Å². The lowest BCUT2D eigenvalue weighted by Crippen LogP contribution is -1.98. The first kappa shape index (κ1) is 18.5. The minimum atomic E-state index is 0.728. The normalized spacial score (nSPS) is 11.7. The molecular formula is C25H24N2. The van der Waals surface area contributed by atoms with Crippen molar-refractivity contribution in [2.45, 2.75) is 20.8 Å². The highest BCUT2D eigenvalue weighted by atomic mass is 14.9. The van der Waals surface area contributed by atoms with Crippen LogP contribution in [-0.2, 0) is 0 Å². The fourth-order valence-corrected chi connectivity index (χ4v) is 3.04.